The number of nitrogens with one attached hydrogen (secondary N) is 2. The summed E-state index contributed by atoms with van der Waals surface area (Å²) >= 11 is 0. The lowest BCUT2D eigenvalue weighted by Gasteiger charge is -2.09. The SMILES string of the molecule is Cc1nccn1-c1cc(NCCNC(=O)c2ccc(=O)n(C)n2)ncn1. The third-order valence-corrected chi connectivity index (χ3v) is 3.63. The van der Waals surface area contributed by atoms with Gasteiger partial charge < -0.3 is 10.6 Å². The number of amides is 1. The minimum atomic E-state index is -0.347. The summed E-state index contributed by atoms with van der Waals surface area (Å²) in [5, 5.41) is 9.75. The molecule has 0 saturated heterocycles. The van der Waals surface area contributed by atoms with Crippen molar-refractivity contribution in [2.24, 2.45) is 7.05 Å². The predicted octanol–water partition coefficient (Wildman–Crippen LogP) is -0.0937. The van der Waals surface area contributed by atoms with E-state index in [9.17, 15) is 9.59 Å². The molecule has 0 atom stereocenters. The number of hydrogen-bond acceptors (Lipinski definition) is 7. The quantitative estimate of drug-likeness (QED) is 0.594. The van der Waals surface area contributed by atoms with E-state index < -0.39 is 0 Å². The first kappa shape index (κ1) is 17.3. The Hall–Kier alpha value is -3.56. The zero-order valence-corrected chi connectivity index (χ0v) is 14.4. The number of carbonyl (C=O) groups excluding carboxylic acids is 1. The van der Waals surface area contributed by atoms with Crippen molar-refractivity contribution < 1.29 is 4.79 Å². The second-order valence-corrected chi connectivity index (χ2v) is 5.47. The van der Waals surface area contributed by atoms with E-state index in [1.54, 1.807) is 12.3 Å². The van der Waals surface area contributed by atoms with Gasteiger partial charge in [0.15, 0.2) is 0 Å². The second-order valence-electron chi connectivity index (χ2n) is 5.47. The van der Waals surface area contributed by atoms with Crippen LogP contribution < -0.4 is 16.2 Å². The maximum atomic E-state index is 12.0. The summed E-state index contributed by atoms with van der Waals surface area (Å²) in [5.74, 6) is 1.82. The monoisotopic (exact) mass is 354 g/mol. The van der Waals surface area contributed by atoms with Crippen LogP contribution in [0.4, 0.5) is 5.82 Å². The number of rotatable bonds is 6. The Morgan fingerprint density at radius 3 is 2.77 bits per heavy atom. The molecule has 3 aromatic rings. The summed E-state index contributed by atoms with van der Waals surface area (Å²) in [4.78, 5) is 35.8. The van der Waals surface area contributed by atoms with Gasteiger partial charge in [-0.2, -0.15) is 5.10 Å². The van der Waals surface area contributed by atoms with Crippen molar-refractivity contribution in [1.82, 2.24) is 34.6 Å². The molecule has 0 unspecified atom stereocenters. The Kier molecular flexibility index (Phi) is 5.02. The van der Waals surface area contributed by atoms with Crippen LogP contribution in [0.15, 0.2) is 41.7 Å². The summed E-state index contributed by atoms with van der Waals surface area (Å²) in [6, 6.07) is 4.50. The van der Waals surface area contributed by atoms with Crippen LogP contribution in [0.2, 0.25) is 0 Å². The van der Waals surface area contributed by atoms with Gasteiger partial charge in [-0.05, 0) is 13.0 Å². The van der Waals surface area contributed by atoms with Gasteiger partial charge in [-0.3, -0.25) is 14.2 Å². The van der Waals surface area contributed by atoms with Crippen LogP contribution in [-0.2, 0) is 7.05 Å². The Bertz CT molecular complexity index is 978. The molecule has 0 aromatic carbocycles. The molecule has 1 amide bonds. The van der Waals surface area contributed by atoms with Crippen molar-refractivity contribution in [3.63, 3.8) is 0 Å². The molecule has 0 radical (unpaired) electrons. The molecular weight excluding hydrogens is 336 g/mol. The average Bonchev–Trinajstić information content (AvgIpc) is 3.07. The molecule has 3 heterocycles. The fraction of sp³-hybridized carbons (Fsp3) is 0.250. The highest BCUT2D eigenvalue weighted by Gasteiger charge is 2.08. The lowest BCUT2D eigenvalue weighted by atomic mass is 10.3. The normalized spacial score (nSPS) is 10.5. The zero-order valence-electron chi connectivity index (χ0n) is 14.4. The van der Waals surface area contributed by atoms with E-state index in [1.165, 1.54) is 25.5 Å². The molecule has 10 nitrogen and oxygen atoms in total. The largest absolute Gasteiger partial charge is 0.368 e. The minimum absolute atomic E-state index is 0.187. The molecule has 2 N–H and O–H groups in total. The van der Waals surface area contributed by atoms with E-state index in [4.69, 9.17) is 0 Å². The van der Waals surface area contributed by atoms with Crippen molar-refractivity contribution in [2.75, 3.05) is 18.4 Å². The first-order valence-electron chi connectivity index (χ1n) is 7.93. The predicted molar refractivity (Wildman–Crippen MR) is 94.2 cm³/mol. The number of anilines is 1. The number of aromatic nitrogens is 6. The van der Waals surface area contributed by atoms with E-state index in [-0.39, 0.29) is 17.2 Å². The summed E-state index contributed by atoms with van der Waals surface area (Å²) in [7, 11) is 1.50. The molecule has 26 heavy (non-hydrogen) atoms. The average molecular weight is 354 g/mol. The third-order valence-electron chi connectivity index (χ3n) is 3.63. The Balaban J connectivity index is 1.54. The first-order valence-corrected chi connectivity index (χ1v) is 7.93. The number of nitrogens with zero attached hydrogens (tertiary/aromatic N) is 6. The van der Waals surface area contributed by atoms with Crippen LogP contribution >= 0.6 is 0 Å². The Labute approximate surface area is 148 Å². The lowest BCUT2D eigenvalue weighted by Crippen LogP contribution is -2.31. The first-order chi connectivity index (χ1) is 12.5. The van der Waals surface area contributed by atoms with Crippen LogP contribution in [0.3, 0.4) is 0 Å². The number of hydrogen-bond donors (Lipinski definition) is 2. The summed E-state index contributed by atoms with van der Waals surface area (Å²) in [6.45, 7) is 2.72. The highest BCUT2D eigenvalue weighted by molar-refractivity contribution is 5.91. The van der Waals surface area contributed by atoms with Crippen molar-refractivity contribution in [1.29, 1.82) is 0 Å². The van der Waals surface area contributed by atoms with Gasteiger partial charge in [-0.15, -0.1) is 0 Å². The molecule has 3 aromatic heterocycles. The number of aryl methyl sites for hydroxylation is 2. The van der Waals surface area contributed by atoms with Crippen LogP contribution in [0.5, 0.6) is 0 Å². The van der Waals surface area contributed by atoms with Gasteiger partial charge in [0.2, 0.25) is 0 Å². The van der Waals surface area contributed by atoms with Crippen LogP contribution in [0.25, 0.3) is 5.82 Å². The summed E-state index contributed by atoms with van der Waals surface area (Å²) in [5.41, 5.74) is -0.0806. The molecule has 0 aliphatic rings. The fourth-order valence-corrected chi connectivity index (χ4v) is 2.28. The molecule has 134 valence electrons. The van der Waals surface area contributed by atoms with Gasteiger partial charge in [0.05, 0.1) is 0 Å². The van der Waals surface area contributed by atoms with Gasteiger partial charge in [-0.25, -0.2) is 19.6 Å². The lowest BCUT2D eigenvalue weighted by molar-refractivity contribution is 0.0948. The van der Waals surface area contributed by atoms with E-state index in [0.29, 0.717) is 24.7 Å². The van der Waals surface area contributed by atoms with Crippen LogP contribution in [-0.4, -0.2) is 48.3 Å². The molecule has 10 heteroatoms. The molecule has 0 fully saturated rings. The second kappa shape index (κ2) is 7.55. The number of imidazole rings is 1. The zero-order chi connectivity index (χ0) is 18.5. The van der Waals surface area contributed by atoms with Crippen molar-refractivity contribution in [2.45, 2.75) is 6.92 Å². The maximum absolute atomic E-state index is 12.0. The van der Waals surface area contributed by atoms with Gasteiger partial charge in [0.25, 0.3) is 11.5 Å². The molecule has 0 spiro atoms. The maximum Gasteiger partial charge on any atom is 0.271 e. The molecule has 0 bridgehead atoms. The van der Waals surface area contributed by atoms with Gasteiger partial charge in [0.1, 0.15) is 29.5 Å². The fourth-order valence-electron chi connectivity index (χ4n) is 2.28. The standard InChI is InChI=1S/C16H18N8O2/c1-11-17-7-8-24(11)14-9-13(20-10-21-14)18-5-6-19-16(26)12-3-4-15(25)23(2)22-12/h3-4,7-10H,5-6H2,1-2H3,(H,19,26)(H,18,20,21). The molecular formula is C16H18N8O2. The van der Waals surface area contributed by atoms with Crippen LogP contribution in [0, 0.1) is 6.92 Å². The minimum Gasteiger partial charge on any atom is -0.368 e. The van der Waals surface area contributed by atoms with Gasteiger partial charge in [-0.1, -0.05) is 0 Å². The Morgan fingerprint density at radius 2 is 2.04 bits per heavy atom. The summed E-state index contributed by atoms with van der Waals surface area (Å²) < 4.78 is 2.97. The van der Waals surface area contributed by atoms with E-state index in [1.807, 2.05) is 17.7 Å². The molecule has 0 aliphatic heterocycles. The molecule has 0 aliphatic carbocycles. The van der Waals surface area contributed by atoms with Gasteiger partial charge in [0, 0.05) is 44.7 Å². The summed E-state index contributed by atoms with van der Waals surface area (Å²) in [6.07, 6.45) is 4.99. The van der Waals surface area contributed by atoms with E-state index in [2.05, 4.69) is 30.7 Å². The van der Waals surface area contributed by atoms with Gasteiger partial charge >= 0.3 is 0 Å². The van der Waals surface area contributed by atoms with Crippen molar-refractivity contribution in [3.8, 4) is 5.82 Å². The van der Waals surface area contributed by atoms with Crippen molar-refractivity contribution >= 4 is 11.7 Å². The Morgan fingerprint density at radius 1 is 1.19 bits per heavy atom. The molecule has 0 saturated carbocycles. The number of carbonyl (C=O) groups is 1. The topological polar surface area (TPSA) is 120 Å². The smallest absolute Gasteiger partial charge is 0.271 e. The highest BCUT2D eigenvalue weighted by atomic mass is 16.2. The third kappa shape index (κ3) is 3.91. The van der Waals surface area contributed by atoms with E-state index in [0.717, 1.165) is 10.5 Å². The van der Waals surface area contributed by atoms with Crippen LogP contribution in [0.1, 0.15) is 16.3 Å². The van der Waals surface area contributed by atoms with E-state index >= 15 is 0 Å². The van der Waals surface area contributed by atoms with Crippen molar-refractivity contribution in [3.05, 3.63) is 58.8 Å². The molecule has 3 rings (SSSR count). The highest BCUT2D eigenvalue weighted by Crippen LogP contribution is 2.10.